The maximum absolute atomic E-state index is 13.5. The van der Waals surface area contributed by atoms with Crippen LogP contribution in [0, 0.1) is 0 Å². The van der Waals surface area contributed by atoms with Crippen LogP contribution in [0.25, 0.3) is 0 Å². The fourth-order valence-electron chi connectivity index (χ4n) is 8.61. The summed E-state index contributed by atoms with van der Waals surface area (Å²) >= 11 is 0. The molecule has 2 aliphatic heterocycles. The quantitative estimate of drug-likeness (QED) is 0.461. The summed E-state index contributed by atoms with van der Waals surface area (Å²) in [6.07, 6.45) is 0.792. The Labute approximate surface area is 226 Å². The summed E-state index contributed by atoms with van der Waals surface area (Å²) in [6.45, 7) is 18.0. The number of benzene rings is 2. The van der Waals surface area contributed by atoms with Crippen molar-refractivity contribution >= 4 is 12.2 Å². The van der Waals surface area contributed by atoms with Crippen LogP contribution in [0.2, 0.25) is 0 Å². The third kappa shape index (κ3) is 2.89. The predicted molar refractivity (Wildman–Crippen MR) is 146 cm³/mol. The van der Waals surface area contributed by atoms with Crippen LogP contribution < -0.4 is 0 Å². The summed E-state index contributed by atoms with van der Waals surface area (Å²) in [5.41, 5.74) is 1.78. The first-order valence-electron chi connectivity index (χ1n) is 13.8. The van der Waals surface area contributed by atoms with E-state index in [1.807, 2.05) is 21.9 Å². The van der Waals surface area contributed by atoms with Gasteiger partial charge in [0, 0.05) is 13.1 Å². The van der Waals surface area contributed by atoms with Crippen LogP contribution in [0.5, 0.6) is 0 Å². The first-order valence-corrected chi connectivity index (χ1v) is 13.8. The Hall–Kier alpha value is -3.02. The molecule has 2 fully saturated rings. The fourth-order valence-corrected chi connectivity index (χ4v) is 8.61. The molecule has 4 atom stereocenters. The van der Waals surface area contributed by atoms with E-state index in [2.05, 4.69) is 91.8 Å². The van der Waals surface area contributed by atoms with E-state index in [0.29, 0.717) is 13.1 Å². The maximum Gasteiger partial charge on any atom is 0.411 e. The normalized spacial score (nSPS) is 36.1. The lowest BCUT2D eigenvalue weighted by atomic mass is 9.58. The zero-order valence-electron chi connectivity index (χ0n) is 24.0. The van der Waals surface area contributed by atoms with Gasteiger partial charge in [-0.05, 0) is 73.6 Å². The van der Waals surface area contributed by atoms with Crippen molar-refractivity contribution in [1.82, 2.24) is 9.80 Å². The van der Waals surface area contributed by atoms with Crippen LogP contribution in [-0.4, -0.2) is 46.3 Å². The monoisotopic (exact) mass is 516 g/mol. The maximum atomic E-state index is 13.5. The van der Waals surface area contributed by atoms with Crippen molar-refractivity contribution in [2.24, 2.45) is 0 Å². The fraction of sp³-hybridized carbons (Fsp3) is 0.562. The number of carbonyl (C=O) groups is 2. The van der Waals surface area contributed by atoms with Crippen molar-refractivity contribution in [3.05, 3.63) is 70.8 Å². The van der Waals surface area contributed by atoms with E-state index >= 15 is 0 Å². The summed E-state index contributed by atoms with van der Waals surface area (Å²) in [4.78, 5) is 30.8. The van der Waals surface area contributed by atoms with Crippen LogP contribution in [0.4, 0.5) is 9.59 Å². The van der Waals surface area contributed by atoms with Crippen molar-refractivity contribution in [2.75, 3.05) is 13.1 Å². The van der Waals surface area contributed by atoms with Crippen LogP contribution in [0.3, 0.4) is 0 Å². The second-order valence-electron chi connectivity index (χ2n) is 13.9. The molecule has 0 bridgehead atoms. The molecule has 6 rings (SSSR count). The SMILES string of the molecule is CC1(C)C[C@]2(C)OC(=O)N(CCN3C(=O)O[C@@]4(C)CC(C)(C)c5ccccc5[C@]34C)[C@@]2(C)c2ccccc21. The number of fused-ring (bicyclic) bond motifs is 6. The van der Waals surface area contributed by atoms with E-state index < -0.39 is 22.3 Å². The highest BCUT2D eigenvalue weighted by Gasteiger charge is 2.68. The van der Waals surface area contributed by atoms with Gasteiger partial charge in [0.2, 0.25) is 0 Å². The van der Waals surface area contributed by atoms with Gasteiger partial charge in [-0.3, -0.25) is 9.80 Å². The molecule has 6 nitrogen and oxygen atoms in total. The molecule has 0 radical (unpaired) electrons. The minimum absolute atomic E-state index is 0.131. The summed E-state index contributed by atoms with van der Waals surface area (Å²) in [5.74, 6) is 0. The average molecular weight is 517 g/mol. The zero-order valence-corrected chi connectivity index (χ0v) is 24.0. The Morgan fingerprint density at radius 3 is 1.24 bits per heavy atom. The van der Waals surface area contributed by atoms with E-state index in [4.69, 9.17) is 9.47 Å². The second kappa shape index (κ2) is 7.34. The molecule has 2 aliphatic carbocycles. The Balaban J connectivity index is 1.40. The van der Waals surface area contributed by atoms with Crippen molar-refractivity contribution in [3.8, 4) is 0 Å². The molecule has 6 heteroatoms. The van der Waals surface area contributed by atoms with Gasteiger partial charge < -0.3 is 9.47 Å². The number of ether oxygens (including phenoxy) is 2. The number of hydrogen-bond donors (Lipinski definition) is 0. The molecule has 0 aromatic heterocycles. The minimum atomic E-state index is -0.687. The first-order chi connectivity index (χ1) is 17.6. The van der Waals surface area contributed by atoms with Gasteiger partial charge in [0.25, 0.3) is 0 Å². The number of nitrogens with zero attached hydrogens (tertiary/aromatic N) is 2. The molecule has 202 valence electrons. The van der Waals surface area contributed by atoms with Gasteiger partial charge in [-0.2, -0.15) is 0 Å². The Bertz CT molecular complexity index is 1260. The summed E-state index contributed by atoms with van der Waals surface area (Å²) in [5, 5.41) is 0. The van der Waals surface area contributed by atoms with Crippen LogP contribution in [0.1, 0.15) is 90.5 Å². The van der Waals surface area contributed by atoms with Crippen LogP contribution in [-0.2, 0) is 31.4 Å². The van der Waals surface area contributed by atoms with E-state index in [-0.39, 0.29) is 23.0 Å². The summed E-state index contributed by atoms with van der Waals surface area (Å²) in [6, 6.07) is 16.8. The van der Waals surface area contributed by atoms with Crippen molar-refractivity contribution in [2.45, 2.75) is 101 Å². The molecule has 2 saturated heterocycles. The lowest BCUT2D eigenvalue weighted by molar-refractivity contribution is -0.0368. The molecule has 38 heavy (non-hydrogen) atoms. The van der Waals surface area contributed by atoms with Crippen LogP contribution in [0.15, 0.2) is 48.5 Å². The minimum Gasteiger partial charge on any atom is -0.440 e. The highest BCUT2D eigenvalue weighted by molar-refractivity contribution is 5.76. The molecule has 0 unspecified atom stereocenters. The van der Waals surface area contributed by atoms with E-state index in [0.717, 1.165) is 24.0 Å². The Morgan fingerprint density at radius 2 is 0.895 bits per heavy atom. The largest absolute Gasteiger partial charge is 0.440 e. The lowest BCUT2D eigenvalue weighted by Crippen LogP contribution is -2.61. The number of amides is 2. The van der Waals surface area contributed by atoms with Crippen molar-refractivity contribution < 1.29 is 19.1 Å². The molecule has 0 N–H and O–H groups in total. The van der Waals surface area contributed by atoms with Gasteiger partial charge in [-0.15, -0.1) is 0 Å². The van der Waals surface area contributed by atoms with Gasteiger partial charge in [0.1, 0.15) is 22.3 Å². The lowest BCUT2D eigenvalue weighted by Gasteiger charge is -2.53. The topological polar surface area (TPSA) is 59.1 Å². The third-order valence-corrected chi connectivity index (χ3v) is 10.7. The molecule has 0 saturated carbocycles. The first kappa shape index (κ1) is 25.3. The van der Waals surface area contributed by atoms with Gasteiger partial charge in [-0.1, -0.05) is 76.2 Å². The highest BCUT2D eigenvalue weighted by Crippen LogP contribution is 2.59. The molecule has 2 heterocycles. The van der Waals surface area contributed by atoms with E-state index in [9.17, 15) is 9.59 Å². The Morgan fingerprint density at radius 1 is 0.579 bits per heavy atom. The predicted octanol–water partition coefficient (Wildman–Crippen LogP) is 6.60. The molecular formula is C32H40N2O4. The molecule has 2 aromatic rings. The van der Waals surface area contributed by atoms with Gasteiger partial charge in [-0.25, -0.2) is 9.59 Å². The zero-order chi connectivity index (χ0) is 27.5. The van der Waals surface area contributed by atoms with Gasteiger partial charge in [0.05, 0.1) is 0 Å². The third-order valence-electron chi connectivity index (χ3n) is 10.7. The molecule has 4 aliphatic rings. The van der Waals surface area contributed by atoms with Crippen molar-refractivity contribution in [1.29, 1.82) is 0 Å². The van der Waals surface area contributed by atoms with Crippen molar-refractivity contribution in [3.63, 3.8) is 0 Å². The van der Waals surface area contributed by atoms with E-state index in [1.165, 1.54) is 11.1 Å². The summed E-state index contributed by atoms with van der Waals surface area (Å²) in [7, 11) is 0. The van der Waals surface area contributed by atoms with Crippen LogP contribution >= 0.6 is 0 Å². The summed E-state index contributed by atoms with van der Waals surface area (Å²) < 4.78 is 12.4. The Kier molecular flexibility index (Phi) is 4.88. The number of carbonyl (C=O) groups excluding carboxylic acids is 2. The standard InChI is InChI=1S/C32H40N2O4/c1-27(2)19-29(5)31(7,23-15-11-9-13-21(23)27)33(25(35)37-29)17-18-34-26(36)38-30(6)20-28(3,4)22-14-10-12-16-24(22)32(30,34)8/h9-16H,17-20H2,1-8H3/t29-,30-,31-,32-/m0/s1. The highest BCUT2D eigenvalue weighted by atomic mass is 16.6. The molecular weight excluding hydrogens is 476 g/mol. The van der Waals surface area contributed by atoms with Gasteiger partial charge in [0.15, 0.2) is 0 Å². The van der Waals surface area contributed by atoms with Gasteiger partial charge >= 0.3 is 12.2 Å². The second-order valence-corrected chi connectivity index (χ2v) is 13.9. The molecule has 2 aromatic carbocycles. The van der Waals surface area contributed by atoms with E-state index in [1.54, 1.807) is 0 Å². The smallest absolute Gasteiger partial charge is 0.411 e. The molecule has 0 spiro atoms. The number of rotatable bonds is 3. The average Bonchev–Trinajstić information content (AvgIpc) is 3.14. The molecule has 2 amide bonds. The number of hydrogen-bond acceptors (Lipinski definition) is 4.